The molecule has 20 heavy (non-hydrogen) atoms. The van der Waals surface area contributed by atoms with E-state index >= 15 is 0 Å². The zero-order valence-corrected chi connectivity index (χ0v) is 12.9. The van der Waals surface area contributed by atoms with Crippen molar-refractivity contribution in [3.63, 3.8) is 0 Å². The summed E-state index contributed by atoms with van der Waals surface area (Å²) in [4.78, 5) is 6.54. The van der Waals surface area contributed by atoms with Crippen molar-refractivity contribution in [2.45, 2.75) is 32.4 Å². The van der Waals surface area contributed by atoms with Gasteiger partial charge in [-0.2, -0.15) is 0 Å². The predicted molar refractivity (Wildman–Crippen MR) is 80.0 cm³/mol. The van der Waals surface area contributed by atoms with E-state index in [0.29, 0.717) is 25.3 Å². The Kier molecular flexibility index (Phi) is 7.51. The summed E-state index contributed by atoms with van der Waals surface area (Å²) in [5, 5.41) is 9.78. The first-order valence-electron chi connectivity index (χ1n) is 7.02. The summed E-state index contributed by atoms with van der Waals surface area (Å²) in [6, 6.07) is 4.10. The van der Waals surface area contributed by atoms with Gasteiger partial charge in [-0.25, -0.2) is 0 Å². The van der Waals surface area contributed by atoms with Gasteiger partial charge in [0.1, 0.15) is 0 Å². The maximum absolute atomic E-state index is 9.78. The molecule has 0 aromatic carbocycles. The van der Waals surface area contributed by atoms with Crippen molar-refractivity contribution >= 4 is 5.69 Å². The average molecular weight is 282 g/mol. The van der Waals surface area contributed by atoms with Gasteiger partial charge >= 0.3 is 0 Å². The Labute approximate surface area is 121 Å². The molecule has 0 fully saturated rings. The number of methoxy groups -OCH3 is 2. The summed E-state index contributed by atoms with van der Waals surface area (Å²) in [6.07, 6.45) is 1.98. The van der Waals surface area contributed by atoms with Gasteiger partial charge in [-0.05, 0) is 25.5 Å². The van der Waals surface area contributed by atoms with Gasteiger partial charge in [0, 0.05) is 26.8 Å². The van der Waals surface area contributed by atoms with Crippen LogP contribution in [-0.2, 0) is 9.47 Å². The number of aliphatic hydroxyl groups excluding tert-OH is 1. The van der Waals surface area contributed by atoms with E-state index in [2.05, 4.69) is 16.8 Å². The summed E-state index contributed by atoms with van der Waals surface area (Å²) < 4.78 is 10.4. The fourth-order valence-corrected chi connectivity index (χ4v) is 2.10. The van der Waals surface area contributed by atoms with Gasteiger partial charge in [0.2, 0.25) is 0 Å². The second-order valence-electron chi connectivity index (χ2n) is 4.86. The smallest absolute Gasteiger partial charge is 0.0957 e. The first-order valence-corrected chi connectivity index (χ1v) is 7.02. The molecular weight excluding hydrogens is 256 g/mol. The van der Waals surface area contributed by atoms with Crippen molar-refractivity contribution in [3.05, 3.63) is 24.0 Å². The van der Waals surface area contributed by atoms with E-state index in [-0.39, 0.29) is 6.04 Å². The standard InChI is InChI=1S/C15H26N2O3/c1-5-15(18)14-7-6-13(10-16-14)17(8-9-19-3)12(2)11-20-4/h6-7,10,12,15,18H,5,8-9,11H2,1-4H3. The maximum atomic E-state index is 9.78. The minimum absolute atomic E-state index is 0.235. The molecule has 1 N–H and O–H groups in total. The molecule has 0 aliphatic carbocycles. The predicted octanol–water partition coefficient (Wildman–Crippen LogP) is 2.01. The third-order valence-electron chi connectivity index (χ3n) is 3.31. The molecule has 2 atom stereocenters. The van der Waals surface area contributed by atoms with Crippen LogP contribution in [0.1, 0.15) is 32.1 Å². The summed E-state index contributed by atoms with van der Waals surface area (Å²) in [6.45, 7) is 6.11. The highest BCUT2D eigenvalue weighted by Crippen LogP contribution is 2.20. The molecule has 0 saturated heterocycles. The molecule has 0 spiro atoms. The quantitative estimate of drug-likeness (QED) is 0.751. The second kappa shape index (κ2) is 8.89. The van der Waals surface area contributed by atoms with Crippen molar-refractivity contribution in [3.8, 4) is 0 Å². The van der Waals surface area contributed by atoms with E-state index in [1.54, 1.807) is 20.4 Å². The van der Waals surface area contributed by atoms with Crippen LogP contribution < -0.4 is 4.90 Å². The van der Waals surface area contributed by atoms with Crippen LogP contribution >= 0.6 is 0 Å². The molecule has 0 aliphatic heterocycles. The Morgan fingerprint density at radius 3 is 2.55 bits per heavy atom. The highest BCUT2D eigenvalue weighted by molar-refractivity contribution is 5.45. The molecule has 2 unspecified atom stereocenters. The van der Waals surface area contributed by atoms with E-state index in [1.807, 2.05) is 19.1 Å². The molecule has 0 radical (unpaired) electrons. The number of pyridine rings is 1. The van der Waals surface area contributed by atoms with Crippen LogP contribution in [0, 0.1) is 0 Å². The first kappa shape index (κ1) is 16.9. The Hall–Kier alpha value is -1.17. The highest BCUT2D eigenvalue weighted by atomic mass is 16.5. The largest absolute Gasteiger partial charge is 0.387 e. The normalized spacial score (nSPS) is 14.1. The summed E-state index contributed by atoms with van der Waals surface area (Å²) >= 11 is 0. The molecule has 0 amide bonds. The topological polar surface area (TPSA) is 54.8 Å². The molecule has 0 aliphatic rings. The van der Waals surface area contributed by atoms with Crippen LogP contribution in [0.5, 0.6) is 0 Å². The lowest BCUT2D eigenvalue weighted by Crippen LogP contribution is -2.38. The molecule has 1 heterocycles. The third-order valence-corrected chi connectivity index (χ3v) is 3.31. The van der Waals surface area contributed by atoms with E-state index in [4.69, 9.17) is 9.47 Å². The molecule has 0 saturated carbocycles. The van der Waals surface area contributed by atoms with Crippen LogP contribution in [-0.4, -0.2) is 50.1 Å². The number of aliphatic hydroxyl groups is 1. The fraction of sp³-hybridized carbons (Fsp3) is 0.667. The molecular formula is C15H26N2O3. The Bertz CT molecular complexity index is 370. The summed E-state index contributed by atoms with van der Waals surface area (Å²) in [7, 11) is 3.39. The fourth-order valence-electron chi connectivity index (χ4n) is 2.10. The van der Waals surface area contributed by atoms with Gasteiger partial charge in [-0.3, -0.25) is 4.98 Å². The minimum atomic E-state index is -0.493. The lowest BCUT2D eigenvalue weighted by atomic mass is 10.1. The Morgan fingerprint density at radius 1 is 1.30 bits per heavy atom. The molecule has 0 bridgehead atoms. The monoisotopic (exact) mass is 282 g/mol. The average Bonchev–Trinajstić information content (AvgIpc) is 2.48. The molecule has 5 heteroatoms. The van der Waals surface area contributed by atoms with Gasteiger partial charge in [0.25, 0.3) is 0 Å². The second-order valence-corrected chi connectivity index (χ2v) is 4.86. The zero-order valence-electron chi connectivity index (χ0n) is 12.9. The number of rotatable bonds is 9. The van der Waals surface area contributed by atoms with Crippen molar-refractivity contribution in [2.75, 3.05) is 38.9 Å². The van der Waals surface area contributed by atoms with E-state index in [0.717, 1.165) is 12.2 Å². The van der Waals surface area contributed by atoms with Crippen LogP contribution in [0.15, 0.2) is 18.3 Å². The highest BCUT2D eigenvalue weighted by Gasteiger charge is 2.15. The van der Waals surface area contributed by atoms with Crippen molar-refractivity contribution in [1.29, 1.82) is 0 Å². The zero-order chi connectivity index (χ0) is 15.0. The number of ether oxygens (including phenoxy) is 2. The lowest BCUT2D eigenvalue weighted by molar-refractivity contribution is 0.168. The summed E-state index contributed by atoms with van der Waals surface area (Å²) in [5.41, 5.74) is 1.72. The molecule has 114 valence electrons. The van der Waals surface area contributed by atoms with Crippen molar-refractivity contribution in [2.24, 2.45) is 0 Å². The van der Waals surface area contributed by atoms with E-state index < -0.39 is 6.10 Å². The van der Waals surface area contributed by atoms with E-state index in [9.17, 15) is 5.11 Å². The molecule has 1 rings (SSSR count). The van der Waals surface area contributed by atoms with Gasteiger partial charge in [-0.1, -0.05) is 6.92 Å². The molecule has 5 nitrogen and oxygen atoms in total. The van der Waals surface area contributed by atoms with Gasteiger partial charge in [-0.15, -0.1) is 0 Å². The van der Waals surface area contributed by atoms with Crippen LogP contribution in [0.4, 0.5) is 5.69 Å². The molecule has 1 aromatic heterocycles. The van der Waals surface area contributed by atoms with Crippen LogP contribution in [0.2, 0.25) is 0 Å². The lowest BCUT2D eigenvalue weighted by Gasteiger charge is -2.30. The SMILES string of the molecule is CCC(O)c1ccc(N(CCOC)C(C)COC)cn1. The Morgan fingerprint density at radius 2 is 2.05 bits per heavy atom. The van der Waals surface area contributed by atoms with Crippen molar-refractivity contribution in [1.82, 2.24) is 4.98 Å². The number of anilines is 1. The van der Waals surface area contributed by atoms with Crippen molar-refractivity contribution < 1.29 is 14.6 Å². The van der Waals surface area contributed by atoms with Crippen LogP contribution in [0.25, 0.3) is 0 Å². The van der Waals surface area contributed by atoms with Crippen LogP contribution in [0.3, 0.4) is 0 Å². The first-order chi connectivity index (χ1) is 9.63. The maximum Gasteiger partial charge on any atom is 0.0957 e. The Balaban J connectivity index is 2.84. The number of hydrogen-bond acceptors (Lipinski definition) is 5. The number of aromatic nitrogens is 1. The van der Waals surface area contributed by atoms with Gasteiger partial charge in [0.15, 0.2) is 0 Å². The molecule has 1 aromatic rings. The van der Waals surface area contributed by atoms with E-state index in [1.165, 1.54) is 0 Å². The summed E-state index contributed by atoms with van der Waals surface area (Å²) in [5.74, 6) is 0. The number of nitrogens with zero attached hydrogens (tertiary/aromatic N) is 2. The third kappa shape index (κ3) is 4.74. The van der Waals surface area contributed by atoms with Gasteiger partial charge < -0.3 is 19.5 Å². The van der Waals surface area contributed by atoms with Gasteiger partial charge in [0.05, 0.1) is 36.9 Å². The minimum Gasteiger partial charge on any atom is -0.387 e. The number of hydrogen-bond donors (Lipinski definition) is 1.